The molecule has 0 fully saturated rings. The van der Waals surface area contributed by atoms with Gasteiger partial charge in [-0.2, -0.15) is 0 Å². The summed E-state index contributed by atoms with van der Waals surface area (Å²) in [5.74, 6) is 0.563. The number of aryl methyl sites for hydroxylation is 1. The van der Waals surface area contributed by atoms with Gasteiger partial charge in [0.15, 0.2) is 0 Å². The van der Waals surface area contributed by atoms with Crippen LogP contribution >= 0.6 is 38.9 Å². The van der Waals surface area contributed by atoms with Crippen LogP contribution < -0.4 is 0 Å². The highest BCUT2D eigenvalue weighted by molar-refractivity contribution is 9.10. The van der Waals surface area contributed by atoms with E-state index in [9.17, 15) is 0 Å². The third-order valence-electron chi connectivity index (χ3n) is 2.26. The molecule has 1 heterocycles. The fourth-order valence-electron chi connectivity index (χ4n) is 1.45. The Balaban J connectivity index is 2.68. The second-order valence-electron chi connectivity index (χ2n) is 3.15. The zero-order valence-electron chi connectivity index (χ0n) is 7.81. The van der Waals surface area contributed by atoms with Gasteiger partial charge in [-0.25, -0.2) is 0 Å². The molecule has 0 saturated heterocycles. The van der Waals surface area contributed by atoms with Crippen LogP contribution in [0.2, 0.25) is 0 Å². The number of alkyl halides is 1. The number of fused-ring (bicyclic) bond motifs is 1. The van der Waals surface area contributed by atoms with E-state index in [0.717, 1.165) is 10.9 Å². The largest absolute Gasteiger partial charge is 0.140 e. The van der Waals surface area contributed by atoms with Crippen molar-refractivity contribution in [2.24, 2.45) is 0 Å². The molecule has 0 unspecified atom stereocenters. The molecule has 0 aliphatic rings. The molecule has 1 aromatic heterocycles. The van der Waals surface area contributed by atoms with Crippen LogP contribution in [0.3, 0.4) is 0 Å². The van der Waals surface area contributed by atoms with E-state index in [0.29, 0.717) is 5.88 Å². The maximum absolute atomic E-state index is 5.85. The summed E-state index contributed by atoms with van der Waals surface area (Å²) in [6.45, 7) is 2.18. The third-order valence-corrected chi connectivity index (χ3v) is 4.73. The first-order valence-electron chi connectivity index (χ1n) is 4.52. The zero-order chi connectivity index (χ0) is 10.1. The molecule has 0 spiro atoms. The van der Waals surface area contributed by atoms with Crippen LogP contribution in [-0.4, -0.2) is 0 Å². The predicted molar refractivity (Wildman–Crippen MR) is 68.5 cm³/mol. The van der Waals surface area contributed by atoms with Crippen molar-refractivity contribution in [3.05, 3.63) is 33.1 Å². The minimum Gasteiger partial charge on any atom is -0.140 e. The third kappa shape index (κ3) is 1.71. The van der Waals surface area contributed by atoms with Crippen LogP contribution in [0.5, 0.6) is 0 Å². The summed E-state index contributed by atoms with van der Waals surface area (Å²) in [6.07, 6.45) is 1.10. The molecule has 0 aliphatic carbocycles. The van der Waals surface area contributed by atoms with Crippen LogP contribution in [0, 0.1) is 0 Å². The lowest BCUT2D eigenvalue weighted by Gasteiger charge is -2.00. The lowest BCUT2D eigenvalue weighted by atomic mass is 10.2. The summed E-state index contributed by atoms with van der Waals surface area (Å²) in [6, 6.07) is 6.50. The Labute approximate surface area is 101 Å². The van der Waals surface area contributed by atoms with Crippen molar-refractivity contribution in [1.29, 1.82) is 0 Å². The Morgan fingerprint density at radius 3 is 2.86 bits per heavy atom. The molecule has 0 amide bonds. The standard InChI is InChI=1S/C11H10BrClS/c1-2-8-5-9-10(14-8)4-3-7(6-13)11(9)12/h3-5H,2,6H2,1H3. The maximum atomic E-state index is 5.85. The predicted octanol–water partition coefficient (Wildman–Crippen LogP) is 4.97. The number of benzene rings is 1. The van der Waals surface area contributed by atoms with Crippen LogP contribution in [0.25, 0.3) is 10.1 Å². The normalized spacial score (nSPS) is 11.1. The van der Waals surface area contributed by atoms with Crippen molar-refractivity contribution in [3.63, 3.8) is 0 Å². The molecule has 0 nitrogen and oxygen atoms in total. The van der Waals surface area contributed by atoms with E-state index in [1.807, 2.05) is 11.3 Å². The lowest BCUT2D eigenvalue weighted by Crippen LogP contribution is -1.79. The van der Waals surface area contributed by atoms with Gasteiger partial charge in [0.05, 0.1) is 0 Å². The monoisotopic (exact) mass is 288 g/mol. The van der Waals surface area contributed by atoms with Crippen molar-refractivity contribution in [2.75, 3.05) is 0 Å². The van der Waals surface area contributed by atoms with Crippen LogP contribution in [-0.2, 0) is 12.3 Å². The van der Waals surface area contributed by atoms with E-state index in [1.165, 1.54) is 20.5 Å². The van der Waals surface area contributed by atoms with E-state index < -0.39 is 0 Å². The van der Waals surface area contributed by atoms with Gasteiger partial charge in [0.2, 0.25) is 0 Å². The van der Waals surface area contributed by atoms with E-state index in [1.54, 1.807) is 0 Å². The molecule has 2 rings (SSSR count). The van der Waals surface area contributed by atoms with Gasteiger partial charge in [-0.1, -0.05) is 13.0 Å². The van der Waals surface area contributed by atoms with Gasteiger partial charge in [0.25, 0.3) is 0 Å². The summed E-state index contributed by atoms with van der Waals surface area (Å²) in [7, 11) is 0. The van der Waals surface area contributed by atoms with E-state index in [4.69, 9.17) is 11.6 Å². The number of hydrogen-bond acceptors (Lipinski definition) is 1. The van der Waals surface area contributed by atoms with E-state index in [-0.39, 0.29) is 0 Å². The molecule has 74 valence electrons. The molecule has 0 atom stereocenters. The smallest absolute Gasteiger partial charge is 0.0485 e. The Bertz CT molecular complexity index is 462. The van der Waals surface area contributed by atoms with Crippen LogP contribution in [0.1, 0.15) is 17.4 Å². The second kappa shape index (κ2) is 4.21. The number of halogens is 2. The van der Waals surface area contributed by atoms with Crippen molar-refractivity contribution < 1.29 is 0 Å². The Hall–Kier alpha value is -0.0500. The molecule has 14 heavy (non-hydrogen) atoms. The number of rotatable bonds is 2. The first kappa shape index (κ1) is 10.5. The minimum atomic E-state index is 0.563. The van der Waals surface area contributed by atoms with Gasteiger partial charge >= 0.3 is 0 Å². The van der Waals surface area contributed by atoms with Crippen LogP contribution in [0.4, 0.5) is 0 Å². The van der Waals surface area contributed by atoms with Crippen molar-refractivity contribution in [1.82, 2.24) is 0 Å². The Morgan fingerprint density at radius 2 is 2.21 bits per heavy atom. The second-order valence-corrected chi connectivity index (χ2v) is 5.38. The highest BCUT2D eigenvalue weighted by Crippen LogP contribution is 2.34. The lowest BCUT2D eigenvalue weighted by molar-refractivity contribution is 1.19. The molecule has 2 aromatic rings. The van der Waals surface area contributed by atoms with Crippen molar-refractivity contribution in [2.45, 2.75) is 19.2 Å². The number of thiophene rings is 1. The van der Waals surface area contributed by atoms with Gasteiger partial charge in [-0.05, 0) is 40.0 Å². The van der Waals surface area contributed by atoms with Gasteiger partial charge in [0, 0.05) is 25.3 Å². The fraction of sp³-hybridized carbons (Fsp3) is 0.273. The summed E-state index contributed by atoms with van der Waals surface area (Å²) in [5.41, 5.74) is 1.17. The van der Waals surface area contributed by atoms with Crippen LogP contribution in [0.15, 0.2) is 22.7 Å². The summed E-state index contributed by atoms with van der Waals surface area (Å²) in [5, 5.41) is 1.30. The first-order valence-corrected chi connectivity index (χ1v) is 6.66. The van der Waals surface area contributed by atoms with Gasteiger partial charge in [0.1, 0.15) is 0 Å². The van der Waals surface area contributed by atoms with Gasteiger partial charge in [-0.3, -0.25) is 0 Å². The van der Waals surface area contributed by atoms with E-state index in [2.05, 4.69) is 41.1 Å². The highest BCUT2D eigenvalue weighted by atomic mass is 79.9. The maximum Gasteiger partial charge on any atom is 0.0485 e. The average Bonchev–Trinajstić information content (AvgIpc) is 2.62. The first-order chi connectivity index (χ1) is 6.76. The molecule has 0 aliphatic heterocycles. The minimum absolute atomic E-state index is 0.563. The number of hydrogen-bond donors (Lipinski definition) is 0. The van der Waals surface area contributed by atoms with Gasteiger partial charge in [-0.15, -0.1) is 22.9 Å². The quantitative estimate of drug-likeness (QED) is 0.685. The summed E-state index contributed by atoms with van der Waals surface area (Å²) < 4.78 is 2.49. The molecular weight excluding hydrogens is 280 g/mol. The van der Waals surface area contributed by atoms with Crippen molar-refractivity contribution >= 4 is 49.0 Å². The summed E-state index contributed by atoms with van der Waals surface area (Å²) in [4.78, 5) is 1.42. The average molecular weight is 290 g/mol. The molecule has 0 N–H and O–H groups in total. The van der Waals surface area contributed by atoms with E-state index >= 15 is 0 Å². The Kier molecular flexibility index (Phi) is 3.15. The molecule has 1 aromatic carbocycles. The Morgan fingerprint density at radius 1 is 1.43 bits per heavy atom. The molecule has 0 radical (unpaired) electrons. The fourth-order valence-corrected chi connectivity index (χ4v) is 3.58. The van der Waals surface area contributed by atoms with Gasteiger partial charge < -0.3 is 0 Å². The zero-order valence-corrected chi connectivity index (χ0v) is 11.0. The van der Waals surface area contributed by atoms with Crippen molar-refractivity contribution in [3.8, 4) is 0 Å². The molecule has 0 bridgehead atoms. The highest BCUT2D eigenvalue weighted by Gasteiger charge is 2.07. The summed E-state index contributed by atoms with van der Waals surface area (Å²) >= 11 is 11.3. The SMILES string of the molecule is CCc1cc2c(Br)c(CCl)ccc2s1. The molecule has 0 saturated carbocycles. The molecular formula is C11H10BrClS. The topological polar surface area (TPSA) is 0 Å². The molecule has 3 heteroatoms.